The van der Waals surface area contributed by atoms with Crippen molar-refractivity contribution in [2.75, 3.05) is 23.3 Å². The zero-order valence-corrected chi connectivity index (χ0v) is 12.9. The Hall–Kier alpha value is -1.55. The average Bonchev–Trinajstić information content (AvgIpc) is 2.49. The normalized spacial score (nSPS) is 15.2. The largest absolute Gasteiger partial charge is 0.372 e. The molecule has 0 saturated carbocycles. The lowest BCUT2D eigenvalue weighted by Crippen LogP contribution is -2.29. The summed E-state index contributed by atoms with van der Waals surface area (Å²) in [5, 5.41) is 3.32. The average molecular weight is 332 g/mol. The van der Waals surface area contributed by atoms with E-state index in [1.807, 2.05) is 18.2 Å². The first-order valence-corrected chi connectivity index (χ1v) is 7.85. The minimum Gasteiger partial charge on any atom is -0.372 e. The number of pyridine rings is 1. The van der Waals surface area contributed by atoms with Crippen LogP contribution < -0.4 is 10.2 Å². The second-order valence-electron chi connectivity index (χ2n) is 5.07. The molecular weight excluding hydrogens is 314 g/mol. The van der Waals surface area contributed by atoms with Gasteiger partial charge in [-0.05, 0) is 71.6 Å². The van der Waals surface area contributed by atoms with Crippen LogP contribution in [0.3, 0.4) is 0 Å². The van der Waals surface area contributed by atoms with Crippen LogP contribution in [0.15, 0.2) is 47.1 Å². The summed E-state index contributed by atoms with van der Waals surface area (Å²) in [4.78, 5) is 6.84. The Balaban J connectivity index is 1.69. The van der Waals surface area contributed by atoms with E-state index in [0.29, 0.717) is 0 Å². The Kier molecular flexibility index (Phi) is 4.21. The zero-order valence-electron chi connectivity index (χ0n) is 11.3. The van der Waals surface area contributed by atoms with Crippen molar-refractivity contribution in [1.82, 2.24) is 4.98 Å². The minimum atomic E-state index is 0.840. The van der Waals surface area contributed by atoms with Crippen LogP contribution in [0, 0.1) is 0 Å². The molecular formula is C16H18BrN3. The molecule has 1 aromatic heterocycles. The molecule has 3 rings (SSSR count). The fraction of sp³-hybridized carbons (Fsp3) is 0.312. The van der Waals surface area contributed by atoms with E-state index in [1.165, 1.54) is 38.0 Å². The maximum absolute atomic E-state index is 4.38. The molecule has 0 bridgehead atoms. The van der Waals surface area contributed by atoms with Gasteiger partial charge in [0.05, 0.1) is 0 Å². The quantitative estimate of drug-likeness (QED) is 0.834. The second kappa shape index (κ2) is 6.27. The van der Waals surface area contributed by atoms with Gasteiger partial charge in [0.15, 0.2) is 0 Å². The van der Waals surface area contributed by atoms with Crippen LogP contribution in [0.2, 0.25) is 0 Å². The first kappa shape index (κ1) is 13.4. The van der Waals surface area contributed by atoms with Gasteiger partial charge in [-0.25, -0.2) is 4.98 Å². The van der Waals surface area contributed by atoms with Crippen molar-refractivity contribution in [2.24, 2.45) is 0 Å². The highest BCUT2D eigenvalue weighted by molar-refractivity contribution is 9.10. The molecule has 0 radical (unpaired) electrons. The number of benzene rings is 1. The number of hydrogen-bond donors (Lipinski definition) is 1. The van der Waals surface area contributed by atoms with Gasteiger partial charge in [0.25, 0.3) is 0 Å². The molecule has 1 aromatic carbocycles. The summed E-state index contributed by atoms with van der Waals surface area (Å²) in [5.41, 5.74) is 2.38. The molecule has 0 unspecified atom stereocenters. The third-order valence-electron chi connectivity index (χ3n) is 3.58. The molecule has 1 aliphatic rings. The van der Waals surface area contributed by atoms with Crippen LogP contribution in [0.25, 0.3) is 0 Å². The summed E-state index contributed by atoms with van der Waals surface area (Å²) < 4.78 is 0.840. The number of halogens is 1. The highest BCUT2D eigenvalue weighted by Gasteiger charge is 2.10. The number of anilines is 3. The summed E-state index contributed by atoms with van der Waals surface area (Å²) >= 11 is 3.38. The molecule has 1 N–H and O–H groups in total. The van der Waals surface area contributed by atoms with Crippen LogP contribution >= 0.6 is 15.9 Å². The molecule has 4 heteroatoms. The number of aromatic nitrogens is 1. The predicted octanol–water partition coefficient (Wildman–Crippen LogP) is 4.58. The molecule has 0 aliphatic carbocycles. The molecule has 0 atom stereocenters. The number of nitrogens with zero attached hydrogens (tertiary/aromatic N) is 2. The highest BCUT2D eigenvalue weighted by atomic mass is 79.9. The van der Waals surface area contributed by atoms with Gasteiger partial charge >= 0.3 is 0 Å². The first-order chi connectivity index (χ1) is 9.81. The molecule has 104 valence electrons. The Morgan fingerprint density at radius 2 is 1.70 bits per heavy atom. The van der Waals surface area contributed by atoms with Gasteiger partial charge in [-0.15, -0.1) is 0 Å². The maximum atomic E-state index is 4.38. The zero-order chi connectivity index (χ0) is 13.8. The van der Waals surface area contributed by atoms with Crippen molar-refractivity contribution >= 4 is 33.1 Å². The fourth-order valence-corrected chi connectivity index (χ4v) is 2.88. The Labute approximate surface area is 128 Å². The molecule has 0 spiro atoms. The Morgan fingerprint density at radius 3 is 2.40 bits per heavy atom. The third kappa shape index (κ3) is 3.31. The number of nitrogens with one attached hydrogen (secondary N) is 1. The first-order valence-electron chi connectivity index (χ1n) is 7.06. The predicted molar refractivity (Wildman–Crippen MR) is 87.7 cm³/mol. The van der Waals surface area contributed by atoms with E-state index in [1.54, 1.807) is 0 Å². The lowest BCUT2D eigenvalue weighted by molar-refractivity contribution is 0.578. The number of piperidine rings is 1. The SMILES string of the molecule is Brc1cccc(Nc2ccc(N3CCCCC3)cc2)n1. The summed E-state index contributed by atoms with van der Waals surface area (Å²) in [6, 6.07) is 14.5. The third-order valence-corrected chi connectivity index (χ3v) is 4.02. The van der Waals surface area contributed by atoms with Gasteiger partial charge in [-0.3, -0.25) is 0 Å². The molecule has 0 amide bonds. The second-order valence-corrected chi connectivity index (χ2v) is 5.88. The molecule has 2 heterocycles. The van der Waals surface area contributed by atoms with E-state index >= 15 is 0 Å². The van der Waals surface area contributed by atoms with E-state index in [-0.39, 0.29) is 0 Å². The van der Waals surface area contributed by atoms with Crippen LogP contribution in [0.5, 0.6) is 0 Å². The molecule has 1 aliphatic heterocycles. The smallest absolute Gasteiger partial charge is 0.131 e. The van der Waals surface area contributed by atoms with Crippen LogP contribution in [0.4, 0.5) is 17.2 Å². The molecule has 20 heavy (non-hydrogen) atoms. The highest BCUT2D eigenvalue weighted by Crippen LogP contribution is 2.23. The molecule has 1 fully saturated rings. The standard InChI is InChI=1S/C16H18BrN3/c17-15-5-4-6-16(19-15)18-13-7-9-14(10-8-13)20-11-2-1-3-12-20/h4-10H,1-3,11-12H2,(H,18,19). The minimum absolute atomic E-state index is 0.840. The lowest BCUT2D eigenvalue weighted by Gasteiger charge is -2.28. The monoisotopic (exact) mass is 331 g/mol. The van der Waals surface area contributed by atoms with Crippen molar-refractivity contribution in [1.29, 1.82) is 0 Å². The molecule has 2 aromatic rings. The van der Waals surface area contributed by atoms with E-state index in [9.17, 15) is 0 Å². The van der Waals surface area contributed by atoms with Gasteiger partial charge in [0.2, 0.25) is 0 Å². The van der Waals surface area contributed by atoms with Crippen LogP contribution in [-0.4, -0.2) is 18.1 Å². The molecule has 3 nitrogen and oxygen atoms in total. The van der Waals surface area contributed by atoms with Crippen molar-refractivity contribution < 1.29 is 0 Å². The molecule has 1 saturated heterocycles. The topological polar surface area (TPSA) is 28.2 Å². The van der Waals surface area contributed by atoms with Gasteiger partial charge in [-0.1, -0.05) is 6.07 Å². The number of hydrogen-bond acceptors (Lipinski definition) is 3. The Bertz CT molecular complexity index is 562. The van der Waals surface area contributed by atoms with E-state index < -0.39 is 0 Å². The van der Waals surface area contributed by atoms with Crippen molar-refractivity contribution in [3.8, 4) is 0 Å². The summed E-state index contributed by atoms with van der Waals surface area (Å²) in [6.07, 6.45) is 3.98. The van der Waals surface area contributed by atoms with Gasteiger partial charge in [0.1, 0.15) is 10.4 Å². The van der Waals surface area contributed by atoms with Crippen molar-refractivity contribution in [2.45, 2.75) is 19.3 Å². The fourth-order valence-electron chi connectivity index (χ4n) is 2.53. The van der Waals surface area contributed by atoms with Gasteiger partial charge in [-0.2, -0.15) is 0 Å². The van der Waals surface area contributed by atoms with Gasteiger partial charge in [0, 0.05) is 24.5 Å². The summed E-state index contributed by atoms with van der Waals surface area (Å²) in [7, 11) is 0. The van der Waals surface area contributed by atoms with E-state index in [4.69, 9.17) is 0 Å². The maximum Gasteiger partial charge on any atom is 0.131 e. The summed E-state index contributed by atoms with van der Waals surface area (Å²) in [5.74, 6) is 0.852. The summed E-state index contributed by atoms with van der Waals surface area (Å²) in [6.45, 7) is 2.36. The van der Waals surface area contributed by atoms with E-state index in [2.05, 4.69) is 55.4 Å². The van der Waals surface area contributed by atoms with Crippen LogP contribution in [-0.2, 0) is 0 Å². The van der Waals surface area contributed by atoms with E-state index in [0.717, 1.165) is 16.1 Å². The van der Waals surface area contributed by atoms with Crippen molar-refractivity contribution in [3.05, 3.63) is 47.1 Å². The van der Waals surface area contributed by atoms with Gasteiger partial charge < -0.3 is 10.2 Å². The van der Waals surface area contributed by atoms with Crippen molar-refractivity contribution in [3.63, 3.8) is 0 Å². The number of rotatable bonds is 3. The lowest BCUT2D eigenvalue weighted by atomic mass is 10.1. The van der Waals surface area contributed by atoms with Crippen LogP contribution in [0.1, 0.15) is 19.3 Å². The Morgan fingerprint density at radius 1 is 0.950 bits per heavy atom.